The molecule has 20 heavy (non-hydrogen) atoms. The summed E-state index contributed by atoms with van der Waals surface area (Å²) in [7, 11) is 1.75. The Balaban J connectivity index is 1.77. The number of furan rings is 1. The minimum Gasteiger partial charge on any atom is -0.463 e. The van der Waals surface area contributed by atoms with E-state index in [2.05, 4.69) is 35.3 Å². The standard InChI is InChI=1S/C16H26N2O2/c1-3-8-17-11-15-4-5-16(20-15)12-18-9-6-14(7-10-18)13-19-2/h4-6,17H,3,7-13H2,1-2H3. The van der Waals surface area contributed by atoms with Crippen LogP contribution in [0.5, 0.6) is 0 Å². The number of nitrogens with one attached hydrogen (secondary N) is 1. The first-order valence-corrected chi connectivity index (χ1v) is 7.49. The Kier molecular flexibility index (Phi) is 6.30. The van der Waals surface area contributed by atoms with Crippen LogP contribution in [0, 0.1) is 0 Å². The zero-order chi connectivity index (χ0) is 14.2. The van der Waals surface area contributed by atoms with Gasteiger partial charge in [0.15, 0.2) is 0 Å². The second kappa shape index (κ2) is 8.25. The van der Waals surface area contributed by atoms with E-state index in [-0.39, 0.29) is 0 Å². The van der Waals surface area contributed by atoms with Crippen molar-refractivity contribution in [3.63, 3.8) is 0 Å². The van der Waals surface area contributed by atoms with Crippen molar-refractivity contribution in [1.29, 1.82) is 0 Å². The molecule has 0 saturated carbocycles. The van der Waals surface area contributed by atoms with Gasteiger partial charge < -0.3 is 14.5 Å². The van der Waals surface area contributed by atoms with Crippen LogP contribution in [-0.2, 0) is 17.8 Å². The molecule has 4 nitrogen and oxygen atoms in total. The normalized spacial score (nSPS) is 16.4. The fourth-order valence-corrected chi connectivity index (χ4v) is 2.42. The Morgan fingerprint density at radius 1 is 1.35 bits per heavy atom. The second-order valence-electron chi connectivity index (χ2n) is 5.33. The van der Waals surface area contributed by atoms with E-state index < -0.39 is 0 Å². The van der Waals surface area contributed by atoms with Crippen LogP contribution in [0.1, 0.15) is 31.3 Å². The van der Waals surface area contributed by atoms with Gasteiger partial charge in [0.25, 0.3) is 0 Å². The van der Waals surface area contributed by atoms with E-state index in [9.17, 15) is 0 Å². The van der Waals surface area contributed by atoms with Gasteiger partial charge in [-0.3, -0.25) is 4.90 Å². The van der Waals surface area contributed by atoms with Crippen LogP contribution in [0.25, 0.3) is 0 Å². The van der Waals surface area contributed by atoms with Gasteiger partial charge in [0.2, 0.25) is 0 Å². The van der Waals surface area contributed by atoms with Crippen molar-refractivity contribution in [2.24, 2.45) is 0 Å². The Labute approximate surface area is 121 Å². The minimum absolute atomic E-state index is 0.766. The molecule has 0 aromatic carbocycles. The van der Waals surface area contributed by atoms with Gasteiger partial charge in [0.05, 0.1) is 19.7 Å². The zero-order valence-corrected chi connectivity index (χ0v) is 12.7. The highest BCUT2D eigenvalue weighted by Crippen LogP contribution is 2.15. The SMILES string of the molecule is CCCNCc1ccc(CN2CC=C(COC)CC2)o1. The lowest BCUT2D eigenvalue weighted by Crippen LogP contribution is -2.28. The summed E-state index contributed by atoms with van der Waals surface area (Å²) in [6.45, 7) is 7.76. The first kappa shape index (κ1) is 15.3. The van der Waals surface area contributed by atoms with Crippen LogP contribution in [-0.4, -0.2) is 38.3 Å². The van der Waals surface area contributed by atoms with Crippen LogP contribution < -0.4 is 5.32 Å². The predicted molar refractivity (Wildman–Crippen MR) is 80.6 cm³/mol. The van der Waals surface area contributed by atoms with Crippen molar-refractivity contribution in [3.05, 3.63) is 35.3 Å². The van der Waals surface area contributed by atoms with Crippen LogP contribution in [0.3, 0.4) is 0 Å². The average Bonchev–Trinajstić information content (AvgIpc) is 2.89. The molecule has 0 radical (unpaired) electrons. The number of ether oxygens (including phenoxy) is 1. The zero-order valence-electron chi connectivity index (χ0n) is 12.7. The van der Waals surface area contributed by atoms with Crippen molar-refractivity contribution >= 4 is 0 Å². The highest BCUT2D eigenvalue weighted by molar-refractivity contribution is 5.10. The van der Waals surface area contributed by atoms with Crippen molar-refractivity contribution in [2.45, 2.75) is 32.9 Å². The van der Waals surface area contributed by atoms with E-state index in [1.54, 1.807) is 7.11 Å². The van der Waals surface area contributed by atoms with Gasteiger partial charge in [-0.25, -0.2) is 0 Å². The summed E-state index contributed by atoms with van der Waals surface area (Å²) in [5.74, 6) is 2.09. The summed E-state index contributed by atoms with van der Waals surface area (Å²) in [4.78, 5) is 2.40. The van der Waals surface area contributed by atoms with Crippen LogP contribution in [0.2, 0.25) is 0 Å². The van der Waals surface area contributed by atoms with E-state index in [0.717, 1.165) is 63.7 Å². The molecule has 0 atom stereocenters. The Morgan fingerprint density at radius 3 is 2.90 bits per heavy atom. The highest BCUT2D eigenvalue weighted by Gasteiger charge is 2.13. The van der Waals surface area contributed by atoms with Gasteiger partial charge in [-0.15, -0.1) is 0 Å². The summed E-state index contributed by atoms with van der Waals surface area (Å²) in [5.41, 5.74) is 1.41. The molecule has 0 unspecified atom stereocenters. The number of rotatable bonds is 8. The third-order valence-electron chi connectivity index (χ3n) is 3.54. The van der Waals surface area contributed by atoms with Gasteiger partial charge in [-0.2, -0.15) is 0 Å². The van der Waals surface area contributed by atoms with E-state index >= 15 is 0 Å². The molecule has 0 spiro atoms. The summed E-state index contributed by atoms with van der Waals surface area (Å²) >= 11 is 0. The molecule has 0 aliphatic carbocycles. The number of nitrogens with zero attached hydrogens (tertiary/aromatic N) is 1. The molecule has 2 heterocycles. The number of methoxy groups -OCH3 is 1. The number of hydrogen-bond acceptors (Lipinski definition) is 4. The predicted octanol–water partition coefficient (Wildman–Crippen LogP) is 2.56. The molecule has 1 aliphatic rings. The van der Waals surface area contributed by atoms with Crippen LogP contribution >= 0.6 is 0 Å². The molecule has 2 rings (SSSR count). The van der Waals surface area contributed by atoms with E-state index in [1.807, 2.05) is 0 Å². The second-order valence-corrected chi connectivity index (χ2v) is 5.33. The lowest BCUT2D eigenvalue weighted by atomic mass is 10.1. The molecule has 0 bridgehead atoms. The molecular formula is C16H26N2O2. The van der Waals surface area contributed by atoms with Crippen molar-refractivity contribution < 1.29 is 9.15 Å². The first-order chi connectivity index (χ1) is 9.81. The fraction of sp³-hybridized carbons (Fsp3) is 0.625. The van der Waals surface area contributed by atoms with Crippen molar-refractivity contribution in [3.8, 4) is 0 Å². The van der Waals surface area contributed by atoms with E-state index in [1.165, 1.54) is 5.57 Å². The van der Waals surface area contributed by atoms with Gasteiger partial charge >= 0.3 is 0 Å². The third kappa shape index (κ3) is 4.78. The summed E-state index contributed by atoms with van der Waals surface area (Å²) < 4.78 is 11.0. The van der Waals surface area contributed by atoms with Gasteiger partial charge in [-0.1, -0.05) is 13.0 Å². The molecular weight excluding hydrogens is 252 g/mol. The molecule has 0 saturated heterocycles. The molecule has 112 valence electrons. The average molecular weight is 278 g/mol. The largest absolute Gasteiger partial charge is 0.463 e. The highest BCUT2D eigenvalue weighted by atomic mass is 16.5. The molecule has 1 aromatic heterocycles. The Bertz CT molecular complexity index is 426. The van der Waals surface area contributed by atoms with E-state index in [4.69, 9.17) is 9.15 Å². The van der Waals surface area contributed by atoms with Crippen molar-refractivity contribution in [2.75, 3.05) is 33.4 Å². The molecule has 0 fully saturated rings. The van der Waals surface area contributed by atoms with Crippen LogP contribution in [0.15, 0.2) is 28.2 Å². The maximum Gasteiger partial charge on any atom is 0.118 e. The molecule has 1 N–H and O–H groups in total. The van der Waals surface area contributed by atoms with Gasteiger partial charge in [0, 0.05) is 20.2 Å². The quantitative estimate of drug-likeness (QED) is 0.586. The molecule has 1 aromatic rings. The monoisotopic (exact) mass is 278 g/mol. The lowest BCUT2D eigenvalue weighted by Gasteiger charge is -2.25. The number of hydrogen-bond donors (Lipinski definition) is 1. The molecule has 4 heteroatoms. The summed E-state index contributed by atoms with van der Waals surface area (Å²) in [6, 6.07) is 4.17. The summed E-state index contributed by atoms with van der Waals surface area (Å²) in [5, 5.41) is 3.36. The Morgan fingerprint density at radius 2 is 2.20 bits per heavy atom. The Hall–Kier alpha value is -1.10. The maximum absolute atomic E-state index is 5.86. The lowest BCUT2D eigenvalue weighted by molar-refractivity contribution is 0.206. The maximum atomic E-state index is 5.86. The first-order valence-electron chi connectivity index (χ1n) is 7.49. The van der Waals surface area contributed by atoms with Gasteiger partial charge in [0.1, 0.15) is 11.5 Å². The van der Waals surface area contributed by atoms with Gasteiger partial charge in [-0.05, 0) is 37.1 Å². The third-order valence-corrected chi connectivity index (χ3v) is 3.54. The fourth-order valence-electron chi connectivity index (χ4n) is 2.42. The van der Waals surface area contributed by atoms with Crippen LogP contribution in [0.4, 0.5) is 0 Å². The minimum atomic E-state index is 0.766. The smallest absolute Gasteiger partial charge is 0.118 e. The molecule has 1 aliphatic heterocycles. The molecule has 0 amide bonds. The van der Waals surface area contributed by atoms with Crippen molar-refractivity contribution in [1.82, 2.24) is 10.2 Å². The van der Waals surface area contributed by atoms with E-state index in [0.29, 0.717) is 0 Å². The summed E-state index contributed by atoms with van der Waals surface area (Å²) in [6.07, 6.45) is 4.52. The topological polar surface area (TPSA) is 37.6 Å².